The normalized spacial score (nSPS) is 14.5. The van der Waals surface area contributed by atoms with Crippen molar-refractivity contribution in [1.82, 2.24) is 9.97 Å². The minimum Gasteiger partial charge on any atom is -0.228 e. The van der Waals surface area contributed by atoms with Crippen molar-refractivity contribution in [1.29, 1.82) is 0 Å². The molecular weight excluding hydrogens is 581 g/mol. The number of hydrogen-bond acceptors (Lipinski definition) is 2. The van der Waals surface area contributed by atoms with E-state index in [9.17, 15) is 2.74 Å². The van der Waals surface area contributed by atoms with Crippen molar-refractivity contribution in [3.05, 3.63) is 182 Å². The summed E-state index contributed by atoms with van der Waals surface area (Å²) >= 11 is 0. The van der Waals surface area contributed by atoms with Gasteiger partial charge in [-0.25, -0.2) is 9.97 Å². The highest BCUT2D eigenvalue weighted by molar-refractivity contribution is 6.20. The topological polar surface area (TPSA) is 25.8 Å². The van der Waals surface area contributed by atoms with Gasteiger partial charge in [0.05, 0.1) is 26.5 Å². The van der Waals surface area contributed by atoms with Crippen LogP contribution in [0.15, 0.2) is 182 Å². The van der Waals surface area contributed by atoms with Crippen LogP contribution < -0.4 is 0 Å². The molecule has 48 heavy (non-hydrogen) atoms. The van der Waals surface area contributed by atoms with E-state index in [1.165, 1.54) is 0 Å². The molecular formula is C46H30N2. The first-order chi connectivity index (χ1) is 28.4. The number of nitrogens with zero attached hydrogens (tertiary/aromatic N) is 2. The Balaban J connectivity index is 1.31. The molecule has 0 spiro atoms. The Kier molecular flexibility index (Phi) is 4.58. The lowest BCUT2D eigenvalue weighted by Crippen LogP contribution is -1.96. The predicted octanol–water partition coefficient (Wildman–Crippen LogP) is 12.3. The van der Waals surface area contributed by atoms with Gasteiger partial charge in [0.2, 0.25) is 0 Å². The van der Waals surface area contributed by atoms with Crippen molar-refractivity contribution in [2.45, 2.75) is 0 Å². The highest BCUT2D eigenvalue weighted by Crippen LogP contribution is 2.40. The molecule has 0 saturated carbocycles. The maximum atomic E-state index is 9.37. The lowest BCUT2D eigenvalue weighted by atomic mass is 9.89. The van der Waals surface area contributed by atoms with Crippen LogP contribution in [-0.2, 0) is 0 Å². The van der Waals surface area contributed by atoms with Crippen LogP contribution in [0.4, 0.5) is 0 Å². The molecule has 2 heteroatoms. The second kappa shape index (κ2) is 11.8. The molecule has 9 aromatic rings. The van der Waals surface area contributed by atoms with E-state index in [2.05, 4.69) is 6.07 Å². The summed E-state index contributed by atoms with van der Waals surface area (Å²) in [5, 5.41) is -0.747. The average Bonchev–Trinajstić information content (AvgIpc) is 3.27. The first-order valence-electron chi connectivity index (χ1n) is 20.9. The van der Waals surface area contributed by atoms with Gasteiger partial charge in [-0.1, -0.05) is 164 Å². The Hall–Kier alpha value is -6.38. The van der Waals surface area contributed by atoms with Gasteiger partial charge in [0.15, 0.2) is 5.82 Å². The Morgan fingerprint density at radius 2 is 0.979 bits per heavy atom. The molecule has 0 atom stereocenters. The van der Waals surface area contributed by atoms with Crippen molar-refractivity contribution in [2.24, 2.45) is 0 Å². The summed E-state index contributed by atoms with van der Waals surface area (Å²) in [6.45, 7) is 0. The molecule has 1 heterocycles. The zero-order valence-electron chi connectivity index (χ0n) is 36.4. The lowest BCUT2D eigenvalue weighted by molar-refractivity contribution is 1.18. The molecule has 1 aromatic heterocycles. The number of hydrogen-bond donors (Lipinski definition) is 0. The maximum absolute atomic E-state index is 9.37. The fourth-order valence-corrected chi connectivity index (χ4v) is 6.11. The van der Waals surface area contributed by atoms with Crippen LogP contribution in [0, 0.1) is 0 Å². The highest BCUT2D eigenvalue weighted by Gasteiger charge is 2.15. The fraction of sp³-hybridized carbons (Fsp3) is 0. The summed E-state index contributed by atoms with van der Waals surface area (Å²) in [5.74, 6) is 0.504. The summed E-state index contributed by atoms with van der Waals surface area (Å²) in [5.41, 5.74) is 6.30. The largest absolute Gasteiger partial charge is 0.228 e. The zero-order chi connectivity index (χ0) is 41.4. The van der Waals surface area contributed by atoms with E-state index in [4.69, 9.17) is 22.3 Å². The SMILES string of the molecule is [2H]c1c([2H])c([2H])c2c([2H])c3c(c([2H])c([2H])c4c([2H])c([2H])c([2H])c([2H])c43)c(-c3ccc(-c4cc(-c5cccc(-c6ccccc6)c5)nc(-c5ccccc5)n4)cc3)c2c1[2H]. The number of rotatable bonds is 5. The zero-order valence-corrected chi connectivity index (χ0v) is 25.4. The molecule has 0 aliphatic heterocycles. The van der Waals surface area contributed by atoms with Crippen molar-refractivity contribution < 1.29 is 15.1 Å². The van der Waals surface area contributed by atoms with E-state index < -0.39 is 66.5 Å². The Bertz CT molecular complexity index is 3210. The van der Waals surface area contributed by atoms with Crippen molar-refractivity contribution in [3.63, 3.8) is 0 Å². The number of fused-ring (bicyclic) bond motifs is 4. The molecule has 0 amide bonds. The molecule has 0 radical (unpaired) electrons. The molecule has 0 saturated heterocycles. The summed E-state index contributed by atoms with van der Waals surface area (Å²) in [4.78, 5) is 9.96. The fourth-order valence-electron chi connectivity index (χ4n) is 6.11. The summed E-state index contributed by atoms with van der Waals surface area (Å²) in [7, 11) is 0. The molecule has 0 fully saturated rings. The minimum absolute atomic E-state index is 0.0307. The third-order valence-corrected chi connectivity index (χ3v) is 8.43. The van der Waals surface area contributed by atoms with Crippen LogP contribution in [0.2, 0.25) is 0 Å². The Morgan fingerprint density at radius 1 is 0.375 bits per heavy atom. The van der Waals surface area contributed by atoms with Gasteiger partial charge in [0, 0.05) is 16.7 Å². The highest BCUT2D eigenvalue weighted by atomic mass is 14.9. The molecule has 224 valence electrons. The van der Waals surface area contributed by atoms with E-state index in [1.807, 2.05) is 84.9 Å². The van der Waals surface area contributed by atoms with E-state index in [0.29, 0.717) is 28.3 Å². The van der Waals surface area contributed by atoms with Gasteiger partial charge in [-0.05, 0) is 72.7 Å². The first kappa shape index (κ1) is 18.7. The summed E-state index contributed by atoms with van der Waals surface area (Å²) in [6, 6.07) is 31.1. The van der Waals surface area contributed by atoms with Crippen LogP contribution in [0.25, 0.3) is 88.5 Å². The van der Waals surface area contributed by atoms with Crippen LogP contribution in [0.1, 0.15) is 15.1 Å². The van der Waals surface area contributed by atoms with Crippen LogP contribution >= 0.6 is 0 Å². The van der Waals surface area contributed by atoms with Crippen molar-refractivity contribution >= 4 is 32.3 Å². The van der Waals surface area contributed by atoms with Gasteiger partial charge in [-0.2, -0.15) is 0 Å². The number of aromatic nitrogens is 2. The standard InChI is InChI=1S/C46H30N2/c1-3-12-31(13-4-1)36-18-11-19-38(28-36)44-30-43(47-46(48-44)35-15-5-2-6-16-35)33-22-24-34(25-23-33)45-40-21-10-8-17-37(40)29-42-39-20-9-7-14-32(39)26-27-41(42)45/h1-30H/i7D,8D,9D,10D,14D,17D,20D,21D,26D,27D,29D. The van der Waals surface area contributed by atoms with Crippen LogP contribution in [-0.4, -0.2) is 9.97 Å². The minimum atomic E-state index is -0.591. The van der Waals surface area contributed by atoms with Gasteiger partial charge in [-0.3, -0.25) is 0 Å². The lowest BCUT2D eigenvalue weighted by Gasteiger charge is -2.15. The van der Waals surface area contributed by atoms with E-state index >= 15 is 0 Å². The third kappa shape index (κ3) is 5.01. The molecule has 0 aliphatic carbocycles. The Labute approximate surface area is 295 Å². The van der Waals surface area contributed by atoms with Crippen LogP contribution in [0.3, 0.4) is 0 Å². The third-order valence-electron chi connectivity index (χ3n) is 8.43. The van der Waals surface area contributed by atoms with E-state index in [-0.39, 0.29) is 37.9 Å². The Morgan fingerprint density at radius 3 is 1.75 bits per heavy atom. The van der Waals surface area contributed by atoms with Gasteiger partial charge < -0.3 is 0 Å². The summed E-state index contributed by atoms with van der Waals surface area (Å²) in [6.07, 6.45) is 0. The first-order valence-corrected chi connectivity index (χ1v) is 15.4. The van der Waals surface area contributed by atoms with Gasteiger partial charge in [0.1, 0.15) is 0 Å². The van der Waals surface area contributed by atoms with Crippen molar-refractivity contribution in [3.8, 4) is 56.2 Å². The quantitative estimate of drug-likeness (QED) is 0.141. The average molecular weight is 622 g/mol. The van der Waals surface area contributed by atoms with Gasteiger partial charge >= 0.3 is 0 Å². The molecule has 0 aliphatic rings. The predicted molar refractivity (Wildman–Crippen MR) is 202 cm³/mol. The molecule has 0 N–H and O–H groups in total. The van der Waals surface area contributed by atoms with Gasteiger partial charge in [0.25, 0.3) is 0 Å². The number of benzene rings is 8. The van der Waals surface area contributed by atoms with E-state index in [1.54, 1.807) is 24.3 Å². The molecule has 2 nitrogen and oxygen atoms in total. The molecule has 8 aromatic carbocycles. The monoisotopic (exact) mass is 621 g/mol. The molecule has 9 rings (SSSR count). The maximum Gasteiger partial charge on any atom is 0.160 e. The summed E-state index contributed by atoms with van der Waals surface area (Å²) < 4.78 is 96.9. The smallest absolute Gasteiger partial charge is 0.160 e. The molecule has 0 bridgehead atoms. The second-order valence-electron chi connectivity index (χ2n) is 11.4. The van der Waals surface area contributed by atoms with Crippen molar-refractivity contribution in [2.75, 3.05) is 0 Å². The molecule has 0 unspecified atom stereocenters. The van der Waals surface area contributed by atoms with E-state index in [0.717, 1.165) is 22.3 Å². The second-order valence-corrected chi connectivity index (χ2v) is 11.4. The van der Waals surface area contributed by atoms with Gasteiger partial charge in [-0.15, -0.1) is 0 Å². The van der Waals surface area contributed by atoms with Crippen LogP contribution in [0.5, 0.6) is 0 Å².